The van der Waals surface area contributed by atoms with E-state index in [1.165, 1.54) is 88.4 Å². The Hall–Kier alpha value is -0.980. The number of ether oxygens (including phenoxy) is 1. The summed E-state index contributed by atoms with van der Waals surface area (Å²) in [4.78, 5) is 0. The molecule has 1 aromatic carbocycles. The number of hydrogen-bond donors (Lipinski definition) is 0. The average molecular weight is 298 g/mol. The van der Waals surface area contributed by atoms with Crippen molar-refractivity contribution in [1.82, 2.24) is 0 Å². The highest BCUT2D eigenvalue weighted by Gasteiger charge is 2.49. The van der Waals surface area contributed by atoms with E-state index in [-0.39, 0.29) is 5.60 Å². The molecule has 1 heterocycles. The van der Waals surface area contributed by atoms with Gasteiger partial charge in [0.1, 0.15) is 11.4 Å². The summed E-state index contributed by atoms with van der Waals surface area (Å²) >= 11 is 0. The molecule has 0 aromatic heterocycles. The number of rotatable bonds is 2. The van der Waals surface area contributed by atoms with Gasteiger partial charge in [-0.15, -0.1) is 0 Å². The van der Waals surface area contributed by atoms with Crippen molar-refractivity contribution in [2.24, 2.45) is 11.8 Å². The fourth-order valence-electron chi connectivity index (χ4n) is 5.49. The highest BCUT2D eigenvalue weighted by Crippen LogP contribution is 2.50. The van der Waals surface area contributed by atoms with Crippen LogP contribution in [0.1, 0.15) is 76.2 Å². The van der Waals surface area contributed by atoms with E-state index in [0.29, 0.717) is 0 Å². The van der Waals surface area contributed by atoms with E-state index < -0.39 is 0 Å². The quantitative estimate of drug-likeness (QED) is 0.659. The Morgan fingerprint density at radius 3 is 2.00 bits per heavy atom. The molecule has 1 aliphatic heterocycles. The molecule has 0 unspecified atom stereocenters. The number of fused-ring (bicyclic) bond motifs is 1. The summed E-state index contributed by atoms with van der Waals surface area (Å²) in [6, 6.07) is 8.79. The molecule has 0 amide bonds. The van der Waals surface area contributed by atoms with Gasteiger partial charge in [-0.3, -0.25) is 0 Å². The normalized spacial score (nSPS) is 26.2. The highest BCUT2D eigenvalue weighted by atomic mass is 16.5. The molecule has 0 bridgehead atoms. The van der Waals surface area contributed by atoms with Crippen LogP contribution in [0.15, 0.2) is 24.3 Å². The van der Waals surface area contributed by atoms with E-state index in [1.54, 1.807) is 0 Å². The zero-order chi connectivity index (χ0) is 14.8. The lowest BCUT2D eigenvalue weighted by Gasteiger charge is -2.51. The molecule has 2 saturated carbocycles. The molecule has 0 atom stereocenters. The lowest BCUT2D eigenvalue weighted by atomic mass is 9.63. The summed E-state index contributed by atoms with van der Waals surface area (Å²) in [5, 5.41) is 0. The van der Waals surface area contributed by atoms with Gasteiger partial charge in [-0.05, 0) is 62.0 Å². The third kappa shape index (κ3) is 2.57. The number of aryl methyl sites for hydroxylation is 1. The first kappa shape index (κ1) is 14.6. The summed E-state index contributed by atoms with van der Waals surface area (Å²) in [5.41, 5.74) is 1.60. The molecular formula is C21H30O. The molecule has 0 radical (unpaired) electrons. The van der Waals surface area contributed by atoms with Crippen LogP contribution in [0.2, 0.25) is 0 Å². The molecule has 2 fully saturated rings. The van der Waals surface area contributed by atoms with E-state index >= 15 is 0 Å². The monoisotopic (exact) mass is 298 g/mol. The average Bonchev–Trinajstić information content (AvgIpc) is 2.63. The van der Waals surface area contributed by atoms with Crippen molar-refractivity contribution < 1.29 is 4.74 Å². The van der Waals surface area contributed by atoms with Gasteiger partial charge in [-0.1, -0.05) is 56.7 Å². The number of hydrogen-bond acceptors (Lipinski definition) is 1. The van der Waals surface area contributed by atoms with Crippen molar-refractivity contribution in [3.8, 4) is 5.75 Å². The van der Waals surface area contributed by atoms with Gasteiger partial charge >= 0.3 is 0 Å². The first-order valence-corrected chi connectivity index (χ1v) is 9.65. The third-order valence-electron chi connectivity index (χ3n) is 6.65. The molecule has 120 valence electrons. The van der Waals surface area contributed by atoms with Gasteiger partial charge < -0.3 is 4.74 Å². The summed E-state index contributed by atoms with van der Waals surface area (Å²) in [6.45, 7) is 0. The second-order valence-electron chi connectivity index (χ2n) is 7.83. The van der Waals surface area contributed by atoms with E-state index in [9.17, 15) is 0 Å². The Morgan fingerprint density at radius 1 is 0.773 bits per heavy atom. The largest absolute Gasteiger partial charge is 0.486 e. The summed E-state index contributed by atoms with van der Waals surface area (Å²) in [5.74, 6) is 2.81. The van der Waals surface area contributed by atoms with Gasteiger partial charge in [0.2, 0.25) is 0 Å². The van der Waals surface area contributed by atoms with Crippen LogP contribution in [0.3, 0.4) is 0 Å². The van der Waals surface area contributed by atoms with Gasteiger partial charge in [0, 0.05) is 0 Å². The van der Waals surface area contributed by atoms with Crippen LogP contribution in [0, 0.1) is 11.8 Å². The minimum atomic E-state index is 0.162. The van der Waals surface area contributed by atoms with Gasteiger partial charge in [0.05, 0.1) is 0 Å². The summed E-state index contributed by atoms with van der Waals surface area (Å²) in [7, 11) is 0. The maximum absolute atomic E-state index is 6.90. The van der Waals surface area contributed by atoms with E-state index in [4.69, 9.17) is 4.74 Å². The second kappa shape index (κ2) is 6.26. The smallest absolute Gasteiger partial charge is 0.123 e. The Balaban J connectivity index is 1.66. The maximum Gasteiger partial charge on any atom is 0.123 e. The van der Waals surface area contributed by atoms with Gasteiger partial charge in [0.15, 0.2) is 0 Å². The Morgan fingerprint density at radius 2 is 1.36 bits per heavy atom. The SMILES string of the molecule is c1ccc2c(c1)CCC(C1CCCCC1)(C1CCCCC1)O2. The molecule has 0 spiro atoms. The molecule has 0 N–H and O–H groups in total. The minimum Gasteiger partial charge on any atom is -0.486 e. The van der Waals surface area contributed by atoms with Crippen molar-refractivity contribution in [1.29, 1.82) is 0 Å². The zero-order valence-corrected chi connectivity index (χ0v) is 13.9. The third-order valence-corrected chi connectivity index (χ3v) is 6.65. The van der Waals surface area contributed by atoms with E-state index in [2.05, 4.69) is 24.3 Å². The molecule has 0 saturated heterocycles. The van der Waals surface area contributed by atoms with E-state index in [0.717, 1.165) is 11.8 Å². The number of para-hydroxylation sites is 1. The Labute approximate surface area is 135 Å². The zero-order valence-electron chi connectivity index (χ0n) is 13.9. The number of benzene rings is 1. The fourth-order valence-corrected chi connectivity index (χ4v) is 5.49. The molecule has 3 aliphatic rings. The predicted molar refractivity (Wildman–Crippen MR) is 91.3 cm³/mol. The Bertz CT molecular complexity index is 476. The van der Waals surface area contributed by atoms with E-state index in [1.807, 2.05) is 0 Å². The first-order valence-electron chi connectivity index (χ1n) is 9.65. The lowest BCUT2D eigenvalue weighted by Crippen LogP contribution is -2.53. The van der Waals surface area contributed by atoms with Crippen molar-refractivity contribution in [3.63, 3.8) is 0 Å². The lowest BCUT2D eigenvalue weighted by molar-refractivity contribution is -0.0835. The van der Waals surface area contributed by atoms with Gasteiger partial charge in [-0.2, -0.15) is 0 Å². The van der Waals surface area contributed by atoms with Crippen LogP contribution in [0.5, 0.6) is 5.75 Å². The van der Waals surface area contributed by atoms with Crippen molar-refractivity contribution >= 4 is 0 Å². The molecule has 22 heavy (non-hydrogen) atoms. The predicted octanol–water partition coefficient (Wildman–Crippen LogP) is 5.91. The van der Waals surface area contributed by atoms with Crippen LogP contribution < -0.4 is 4.74 Å². The molecule has 1 aromatic rings. The fraction of sp³-hybridized carbons (Fsp3) is 0.714. The van der Waals surface area contributed by atoms with Crippen LogP contribution in [0.4, 0.5) is 0 Å². The Kier molecular flexibility index (Phi) is 4.15. The molecule has 1 nitrogen and oxygen atoms in total. The summed E-state index contributed by atoms with van der Waals surface area (Å²) in [6.07, 6.45) is 16.7. The van der Waals surface area contributed by atoms with Crippen molar-refractivity contribution in [3.05, 3.63) is 29.8 Å². The molecular weight excluding hydrogens is 268 g/mol. The van der Waals surface area contributed by atoms with Crippen molar-refractivity contribution in [2.75, 3.05) is 0 Å². The highest BCUT2D eigenvalue weighted by molar-refractivity contribution is 5.36. The minimum absolute atomic E-state index is 0.162. The summed E-state index contributed by atoms with van der Waals surface area (Å²) < 4.78 is 6.90. The van der Waals surface area contributed by atoms with Gasteiger partial charge in [0.25, 0.3) is 0 Å². The molecule has 4 rings (SSSR count). The van der Waals surface area contributed by atoms with Crippen LogP contribution in [-0.2, 0) is 6.42 Å². The topological polar surface area (TPSA) is 9.23 Å². The van der Waals surface area contributed by atoms with Crippen LogP contribution in [0.25, 0.3) is 0 Å². The van der Waals surface area contributed by atoms with Crippen molar-refractivity contribution in [2.45, 2.75) is 82.7 Å². The first-order chi connectivity index (χ1) is 10.9. The maximum atomic E-state index is 6.90. The van der Waals surface area contributed by atoms with Crippen LogP contribution in [-0.4, -0.2) is 5.60 Å². The molecule has 1 heteroatoms. The second-order valence-corrected chi connectivity index (χ2v) is 7.83. The standard InChI is InChI=1S/C21H30O/c1-3-10-18(11-4-1)21(19-12-5-2-6-13-19)16-15-17-9-7-8-14-20(17)22-21/h7-9,14,18-19H,1-6,10-13,15-16H2. The van der Waals surface area contributed by atoms with Crippen LogP contribution >= 0.6 is 0 Å². The molecule has 2 aliphatic carbocycles. The van der Waals surface area contributed by atoms with Gasteiger partial charge in [-0.25, -0.2) is 0 Å².